The van der Waals surface area contributed by atoms with E-state index in [0.717, 1.165) is 6.54 Å². The molecule has 0 aliphatic heterocycles. The van der Waals surface area contributed by atoms with Gasteiger partial charge in [0.1, 0.15) is 0 Å². The maximum absolute atomic E-state index is 11.4. The van der Waals surface area contributed by atoms with E-state index in [4.69, 9.17) is 4.74 Å². The second-order valence-corrected chi connectivity index (χ2v) is 4.22. The molecule has 15 heavy (non-hydrogen) atoms. The van der Waals surface area contributed by atoms with Gasteiger partial charge in [0.15, 0.2) is 0 Å². The first-order valence-corrected chi connectivity index (χ1v) is 5.55. The molecule has 1 atom stereocenters. The molecule has 0 heterocycles. The van der Waals surface area contributed by atoms with Crippen molar-refractivity contribution in [2.75, 3.05) is 26.8 Å². The van der Waals surface area contributed by atoms with Crippen LogP contribution >= 0.6 is 0 Å². The molecule has 4 heteroatoms. The predicted octanol–water partition coefficient (Wildman–Crippen LogP) is 0.773. The lowest BCUT2D eigenvalue weighted by atomic mass is 10.1. The van der Waals surface area contributed by atoms with E-state index in [1.807, 2.05) is 6.92 Å². The first kappa shape index (κ1) is 14.4. The minimum Gasteiger partial charge on any atom is -0.384 e. The lowest BCUT2D eigenvalue weighted by Crippen LogP contribution is -2.35. The van der Waals surface area contributed by atoms with Crippen LogP contribution in [0.15, 0.2) is 0 Å². The van der Waals surface area contributed by atoms with Gasteiger partial charge in [0.25, 0.3) is 0 Å². The van der Waals surface area contributed by atoms with Crippen molar-refractivity contribution in [3.05, 3.63) is 0 Å². The average Bonchev–Trinajstić information content (AvgIpc) is 2.12. The van der Waals surface area contributed by atoms with Crippen molar-refractivity contribution in [2.24, 2.45) is 5.92 Å². The van der Waals surface area contributed by atoms with Crippen molar-refractivity contribution in [2.45, 2.75) is 33.2 Å². The molecule has 90 valence electrons. The van der Waals surface area contributed by atoms with Gasteiger partial charge in [0.2, 0.25) is 5.91 Å². The Balaban J connectivity index is 3.40. The van der Waals surface area contributed by atoms with Crippen molar-refractivity contribution < 1.29 is 9.53 Å². The summed E-state index contributed by atoms with van der Waals surface area (Å²) in [7, 11) is 1.65. The highest BCUT2D eigenvalue weighted by molar-refractivity contribution is 5.76. The summed E-state index contributed by atoms with van der Waals surface area (Å²) < 4.78 is 4.97. The van der Waals surface area contributed by atoms with Gasteiger partial charge in [-0.15, -0.1) is 0 Å². The molecule has 0 aliphatic rings. The van der Waals surface area contributed by atoms with E-state index in [2.05, 4.69) is 24.5 Å². The summed E-state index contributed by atoms with van der Waals surface area (Å²) >= 11 is 0. The summed E-state index contributed by atoms with van der Waals surface area (Å²) in [5.41, 5.74) is 0. The molecular formula is C11H24N2O2. The first-order chi connectivity index (χ1) is 7.06. The van der Waals surface area contributed by atoms with Crippen molar-refractivity contribution >= 4 is 5.91 Å². The maximum Gasteiger partial charge on any atom is 0.220 e. The standard InChI is InChI=1S/C11H24N2O2/c1-9(2)12-5-6-13-11(14)7-10(3)8-15-4/h9-10,12H,5-8H2,1-4H3,(H,13,14). The van der Waals surface area contributed by atoms with Crippen LogP contribution < -0.4 is 10.6 Å². The van der Waals surface area contributed by atoms with E-state index >= 15 is 0 Å². The van der Waals surface area contributed by atoms with Crippen LogP contribution in [0.25, 0.3) is 0 Å². The molecule has 0 aromatic rings. The highest BCUT2D eigenvalue weighted by Gasteiger charge is 2.07. The molecule has 0 bridgehead atoms. The smallest absolute Gasteiger partial charge is 0.220 e. The minimum atomic E-state index is 0.102. The highest BCUT2D eigenvalue weighted by atomic mass is 16.5. The second kappa shape index (κ2) is 8.68. The molecule has 0 saturated heterocycles. The molecule has 1 unspecified atom stereocenters. The average molecular weight is 216 g/mol. The molecule has 0 radical (unpaired) electrons. The molecule has 0 aliphatic carbocycles. The Morgan fingerprint density at radius 3 is 2.47 bits per heavy atom. The summed E-state index contributed by atoms with van der Waals surface area (Å²) in [6, 6.07) is 0.467. The van der Waals surface area contributed by atoms with E-state index in [-0.39, 0.29) is 11.8 Å². The summed E-state index contributed by atoms with van der Waals surface area (Å²) in [4.78, 5) is 11.4. The number of ether oxygens (including phenoxy) is 1. The van der Waals surface area contributed by atoms with Crippen molar-refractivity contribution in [1.29, 1.82) is 0 Å². The zero-order chi connectivity index (χ0) is 11.7. The molecule has 0 aromatic carbocycles. The fourth-order valence-corrected chi connectivity index (χ4v) is 1.29. The van der Waals surface area contributed by atoms with E-state index in [0.29, 0.717) is 25.6 Å². The highest BCUT2D eigenvalue weighted by Crippen LogP contribution is 2.00. The SMILES string of the molecule is COCC(C)CC(=O)NCCNC(C)C. The Morgan fingerprint density at radius 1 is 1.27 bits per heavy atom. The number of methoxy groups -OCH3 is 1. The fraction of sp³-hybridized carbons (Fsp3) is 0.909. The zero-order valence-corrected chi connectivity index (χ0v) is 10.3. The van der Waals surface area contributed by atoms with E-state index < -0.39 is 0 Å². The lowest BCUT2D eigenvalue weighted by Gasteiger charge is -2.11. The molecule has 0 fully saturated rings. The predicted molar refractivity (Wildman–Crippen MR) is 61.8 cm³/mol. The van der Waals surface area contributed by atoms with Crippen LogP contribution in [0.4, 0.5) is 0 Å². The summed E-state index contributed by atoms with van der Waals surface area (Å²) in [6.07, 6.45) is 0.537. The molecule has 1 amide bonds. The molecule has 2 N–H and O–H groups in total. The molecule has 0 aromatic heterocycles. The van der Waals surface area contributed by atoms with Gasteiger partial charge >= 0.3 is 0 Å². The largest absolute Gasteiger partial charge is 0.384 e. The topological polar surface area (TPSA) is 50.4 Å². The van der Waals surface area contributed by atoms with E-state index in [1.54, 1.807) is 7.11 Å². The monoisotopic (exact) mass is 216 g/mol. The van der Waals surface area contributed by atoms with Crippen LogP contribution in [0.1, 0.15) is 27.2 Å². The van der Waals surface area contributed by atoms with Gasteiger partial charge in [-0.25, -0.2) is 0 Å². The summed E-state index contributed by atoms with van der Waals surface area (Å²) in [6.45, 7) is 8.33. The van der Waals surface area contributed by atoms with Gasteiger partial charge in [0, 0.05) is 39.3 Å². The van der Waals surface area contributed by atoms with Crippen LogP contribution in [0.2, 0.25) is 0 Å². The third-order valence-corrected chi connectivity index (χ3v) is 1.98. The van der Waals surface area contributed by atoms with Crippen LogP contribution in [0.5, 0.6) is 0 Å². The van der Waals surface area contributed by atoms with Crippen molar-refractivity contribution in [3.8, 4) is 0 Å². The van der Waals surface area contributed by atoms with Crippen LogP contribution in [0, 0.1) is 5.92 Å². The van der Waals surface area contributed by atoms with Crippen LogP contribution in [0.3, 0.4) is 0 Å². The van der Waals surface area contributed by atoms with E-state index in [9.17, 15) is 4.79 Å². The zero-order valence-electron chi connectivity index (χ0n) is 10.3. The summed E-state index contributed by atoms with van der Waals surface area (Å²) in [5.74, 6) is 0.387. The number of hydrogen-bond acceptors (Lipinski definition) is 3. The second-order valence-electron chi connectivity index (χ2n) is 4.22. The van der Waals surface area contributed by atoms with E-state index in [1.165, 1.54) is 0 Å². The van der Waals surface area contributed by atoms with Crippen molar-refractivity contribution in [1.82, 2.24) is 10.6 Å². The Bertz CT molecular complexity index is 172. The van der Waals surface area contributed by atoms with Gasteiger partial charge in [-0.05, 0) is 5.92 Å². The normalized spacial score (nSPS) is 12.9. The Kier molecular flexibility index (Phi) is 8.33. The number of carbonyl (C=O) groups excluding carboxylic acids is 1. The molecule has 4 nitrogen and oxygen atoms in total. The summed E-state index contributed by atoms with van der Waals surface area (Å²) in [5, 5.41) is 6.11. The number of amides is 1. The minimum absolute atomic E-state index is 0.102. The number of carbonyl (C=O) groups is 1. The van der Waals surface area contributed by atoms with Gasteiger partial charge in [-0.2, -0.15) is 0 Å². The third kappa shape index (κ3) is 9.69. The molecular weight excluding hydrogens is 192 g/mol. The molecule has 0 rings (SSSR count). The Morgan fingerprint density at radius 2 is 1.93 bits per heavy atom. The van der Waals surface area contributed by atoms with Gasteiger partial charge in [0.05, 0.1) is 0 Å². The molecule has 0 spiro atoms. The van der Waals surface area contributed by atoms with Crippen LogP contribution in [-0.2, 0) is 9.53 Å². The van der Waals surface area contributed by atoms with Gasteiger partial charge in [-0.3, -0.25) is 4.79 Å². The van der Waals surface area contributed by atoms with Crippen LogP contribution in [-0.4, -0.2) is 38.8 Å². The third-order valence-electron chi connectivity index (χ3n) is 1.98. The number of hydrogen-bond donors (Lipinski definition) is 2. The van der Waals surface area contributed by atoms with Crippen molar-refractivity contribution in [3.63, 3.8) is 0 Å². The maximum atomic E-state index is 11.4. The quantitative estimate of drug-likeness (QED) is 0.589. The number of nitrogens with one attached hydrogen (secondary N) is 2. The first-order valence-electron chi connectivity index (χ1n) is 5.55. The van der Waals surface area contributed by atoms with Gasteiger partial charge in [-0.1, -0.05) is 20.8 Å². The Labute approximate surface area is 92.8 Å². The molecule has 0 saturated carbocycles. The Hall–Kier alpha value is -0.610. The fourth-order valence-electron chi connectivity index (χ4n) is 1.29. The van der Waals surface area contributed by atoms with Gasteiger partial charge < -0.3 is 15.4 Å². The lowest BCUT2D eigenvalue weighted by molar-refractivity contribution is -0.122. The number of rotatable bonds is 8.